The lowest BCUT2D eigenvalue weighted by atomic mass is 9.97. The van der Waals surface area contributed by atoms with Gasteiger partial charge in [-0.25, -0.2) is 0 Å². The Morgan fingerprint density at radius 3 is 3.14 bits per heavy atom. The van der Waals surface area contributed by atoms with Crippen molar-refractivity contribution in [1.29, 1.82) is 0 Å². The number of aromatic nitrogens is 1. The van der Waals surface area contributed by atoms with Crippen LogP contribution in [0.3, 0.4) is 0 Å². The molecule has 74 valence electrons. The lowest BCUT2D eigenvalue weighted by Crippen LogP contribution is -2.27. The number of carboxylic acid groups (broad SMARTS) is 1. The Morgan fingerprint density at radius 1 is 1.64 bits per heavy atom. The monoisotopic (exact) mass is 193 g/mol. The Hall–Kier alpha value is -1.42. The summed E-state index contributed by atoms with van der Waals surface area (Å²) in [5.74, 6) is -0.994. The highest BCUT2D eigenvalue weighted by molar-refractivity contribution is 5.68. The van der Waals surface area contributed by atoms with E-state index >= 15 is 0 Å². The van der Waals surface area contributed by atoms with Crippen LogP contribution in [0.25, 0.3) is 0 Å². The van der Waals surface area contributed by atoms with Gasteiger partial charge in [-0.05, 0) is 24.5 Å². The summed E-state index contributed by atoms with van der Waals surface area (Å²) >= 11 is 0. The lowest BCUT2D eigenvalue weighted by molar-refractivity contribution is -0.143. The van der Waals surface area contributed by atoms with Gasteiger partial charge in [0.2, 0.25) is 0 Å². The second kappa shape index (κ2) is 3.06. The average molecular weight is 193 g/mol. The van der Waals surface area contributed by atoms with Gasteiger partial charge in [0.15, 0.2) is 0 Å². The number of fused-ring (bicyclic) bond motifs is 1. The molecule has 0 fully saturated rings. The fourth-order valence-corrected chi connectivity index (χ4v) is 1.94. The predicted molar refractivity (Wildman–Crippen MR) is 48.7 cm³/mol. The molecule has 4 nitrogen and oxygen atoms in total. The Balaban J connectivity index is 2.37. The first-order valence-corrected chi connectivity index (χ1v) is 4.50. The van der Waals surface area contributed by atoms with Crippen molar-refractivity contribution in [1.82, 2.24) is 4.98 Å². The first-order chi connectivity index (χ1) is 6.62. The summed E-state index contributed by atoms with van der Waals surface area (Å²) in [5.41, 5.74) is 0.223. The second-order valence-corrected chi connectivity index (χ2v) is 3.61. The van der Waals surface area contributed by atoms with Crippen LogP contribution in [0.2, 0.25) is 0 Å². The van der Waals surface area contributed by atoms with Gasteiger partial charge in [-0.1, -0.05) is 6.07 Å². The Labute approximate surface area is 81.2 Å². The van der Waals surface area contributed by atoms with Gasteiger partial charge in [0, 0.05) is 6.20 Å². The lowest BCUT2D eigenvalue weighted by Gasteiger charge is -2.19. The second-order valence-electron chi connectivity index (χ2n) is 3.61. The van der Waals surface area contributed by atoms with Crippen molar-refractivity contribution in [3.05, 3.63) is 29.6 Å². The molecule has 0 saturated carbocycles. The summed E-state index contributed by atoms with van der Waals surface area (Å²) in [7, 11) is 0. The highest BCUT2D eigenvalue weighted by Crippen LogP contribution is 2.37. The number of hydrogen-bond donors (Lipinski definition) is 2. The fourth-order valence-electron chi connectivity index (χ4n) is 1.94. The van der Waals surface area contributed by atoms with Crippen LogP contribution in [-0.4, -0.2) is 21.2 Å². The van der Waals surface area contributed by atoms with E-state index in [0.717, 1.165) is 5.56 Å². The molecule has 4 heteroatoms. The Morgan fingerprint density at radius 2 is 2.43 bits per heavy atom. The molecular weight excluding hydrogens is 182 g/mol. The van der Waals surface area contributed by atoms with E-state index in [1.165, 1.54) is 0 Å². The first-order valence-electron chi connectivity index (χ1n) is 4.50. The van der Waals surface area contributed by atoms with E-state index in [9.17, 15) is 9.90 Å². The molecule has 2 N–H and O–H groups in total. The van der Waals surface area contributed by atoms with E-state index in [0.29, 0.717) is 18.5 Å². The van der Waals surface area contributed by atoms with E-state index in [2.05, 4.69) is 4.98 Å². The van der Waals surface area contributed by atoms with Crippen molar-refractivity contribution in [3.63, 3.8) is 0 Å². The summed E-state index contributed by atoms with van der Waals surface area (Å²) in [4.78, 5) is 14.6. The number of aliphatic carboxylic acids is 1. The van der Waals surface area contributed by atoms with Crippen LogP contribution in [0.5, 0.6) is 0 Å². The molecule has 0 saturated heterocycles. The van der Waals surface area contributed by atoms with Gasteiger partial charge in [0.05, 0.1) is 12.1 Å². The van der Waals surface area contributed by atoms with Crippen LogP contribution in [0.15, 0.2) is 18.3 Å². The van der Waals surface area contributed by atoms with Gasteiger partial charge in [-0.2, -0.15) is 0 Å². The van der Waals surface area contributed by atoms with Crippen molar-refractivity contribution >= 4 is 5.97 Å². The Kier molecular flexibility index (Phi) is 2.00. The molecule has 0 aromatic carbocycles. The number of hydrogen-bond acceptors (Lipinski definition) is 3. The van der Waals surface area contributed by atoms with Gasteiger partial charge < -0.3 is 10.2 Å². The van der Waals surface area contributed by atoms with Crippen molar-refractivity contribution < 1.29 is 15.0 Å². The summed E-state index contributed by atoms with van der Waals surface area (Å²) in [6.45, 7) is 0. The zero-order valence-corrected chi connectivity index (χ0v) is 7.60. The minimum atomic E-state index is -1.26. The molecule has 0 radical (unpaired) electrons. The van der Waals surface area contributed by atoms with Crippen molar-refractivity contribution in [2.24, 2.45) is 0 Å². The van der Waals surface area contributed by atoms with Crippen LogP contribution >= 0.6 is 0 Å². The molecule has 1 aromatic heterocycles. The molecule has 1 aliphatic rings. The van der Waals surface area contributed by atoms with E-state index in [-0.39, 0.29) is 6.42 Å². The van der Waals surface area contributed by atoms with Gasteiger partial charge in [0.1, 0.15) is 5.60 Å². The molecule has 1 heterocycles. The zero-order chi connectivity index (χ0) is 10.2. The van der Waals surface area contributed by atoms with Gasteiger partial charge >= 0.3 is 5.97 Å². The molecule has 0 bridgehead atoms. The number of carboxylic acids is 1. The molecule has 0 aliphatic heterocycles. The molecule has 1 unspecified atom stereocenters. The molecule has 1 aromatic rings. The number of aliphatic hydroxyl groups is 1. The molecular formula is C10H11NO3. The van der Waals surface area contributed by atoms with Crippen LogP contribution in [0, 0.1) is 0 Å². The number of carbonyl (C=O) groups is 1. The van der Waals surface area contributed by atoms with Crippen LogP contribution in [0.4, 0.5) is 0 Å². The van der Waals surface area contributed by atoms with E-state index < -0.39 is 11.6 Å². The van der Waals surface area contributed by atoms with Crippen molar-refractivity contribution in [2.75, 3.05) is 0 Å². The van der Waals surface area contributed by atoms with Gasteiger partial charge in [-0.15, -0.1) is 0 Å². The minimum absolute atomic E-state index is 0.267. The number of nitrogens with zero attached hydrogens (tertiary/aromatic N) is 1. The van der Waals surface area contributed by atoms with Crippen molar-refractivity contribution in [3.8, 4) is 0 Å². The van der Waals surface area contributed by atoms with E-state index in [4.69, 9.17) is 5.11 Å². The van der Waals surface area contributed by atoms with Crippen LogP contribution < -0.4 is 0 Å². The minimum Gasteiger partial charge on any atom is -0.481 e. The molecule has 0 spiro atoms. The predicted octanol–water partition coefficient (Wildman–Crippen LogP) is 0.690. The van der Waals surface area contributed by atoms with E-state index in [1.807, 2.05) is 6.07 Å². The zero-order valence-electron chi connectivity index (χ0n) is 7.60. The maximum Gasteiger partial charge on any atom is 0.306 e. The third-order valence-corrected chi connectivity index (χ3v) is 2.58. The maximum absolute atomic E-state index is 10.6. The summed E-state index contributed by atoms with van der Waals surface area (Å²) in [6.07, 6.45) is 2.46. The van der Waals surface area contributed by atoms with E-state index in [1.54, 1.807) is 12.3 Å². The summed E-state index contributed by atoms with van der Waals surface area (Å²) in [5, 5.41) is 18.7. The molecule has 2 rings (SSSR count). The SMILES string of the molecule is O=C(O)CC1(O)CCc2cccnc21. The van der Waals surface area contributed by atoms with Gasteiger partial charge in [0.25, 0.3) is 0 Å². The number of aryl methyl sites for hydroxylation is 1. The highest BCUT2D eigenvalue weighted by atomic mass is 16.4. The molecule has 0 amide bonds. The Bertz CT molecular complexity index is 377. The average Bonchev–Trinajstić information content (AvgIpc) is 2.44. The fraction of sp³-hybridized carbons (Fsp3) is 0.400. The van der Waals surface area contributed by atoms with Crippen LogP contribution in [0.1, 0.15) is 24.1 Å². The molecule has 14 heavy (non-hydrogen) atoms. The molecule has 1 aliphatic carbocycles. The summed E-state index contributed by atoms with van der Waals surface area (Å²) < 4.78 is 0. The largest absolute Gasteiger partial charge is 0.481 e. The first kappa shape index (κ1) is 9.15. The number of rotatable bonds is 2. The van der Waals surface area contributed by atoms with Crippen molar-refractivity contribution in [2.45, 2.75) is 24.9 Å². The highest BCUT2D eigenvalue weighted by Gasteiger charge is 2.39. The smallest absolute Gasteiger partial charge is 0.306 e. The normalized spacial score (nSPS) is 24.6. The molecule has 1 atom stereocenters. The maximum atomic E-state index is 10.6. The number of pyridine rings is 1. The quantitative estimate of drug-likeness (QED) is 0.725. The topological polar surface area (TPSA) is 70.4 Å². The standard InChI is InChI=1S/C10H11NO3/c12-8(13)6-10(14)4-3-7-2-1-5-11-9(7)10/h1-2,5,14H,3-4,6H2,(H,12,13). The third-order valence-electron chi connectivity index (χ3n) is 2.58. The van der Waals surface area contributed by atoms with Gasteiger partial charge in [-0.3, -0.25) is 9.78 Å². The summed E-state index contributed by atoms with van der Waals surface area (Å²) in [6, 6.07) is 3.67. The third kappa shape index (κ3) is 1.37. The van der Waals surface area contributed by atoms with Crippen LogP contribution in [-0.2, 0) is 16.8 Å².